The molecule has 0 radical (unpaired) electrons. The minimum atomic E-state index is -0.320. The van der Waals surface area contributed by atoms with E-state index in [9.17, 15) is 4.79 Å². The molecule has 0 aliphatic rings. The van der Waals surface area contributed by atoms with Crippen molar-refractivity contribution in [1.29, 1.82) is 0 Å². The molecule has 1 heterocycles. The van der Waals surface area contributed by atoms with Crippen LogP contribution in [0.2, 0.25) is 0 Å². The van der Waals surface area contributed by atoms with Crippen LogP contribution in [0.1, 0.15) is 38.1 Å². The molecular formula is C13H20N2O2. The SMILES string of the molecule is CCOC(=O)c1ccc(N(CC)C(C)C)nc1. The smallest absolute Gasteiger partial charge is 0.339 e. The Morgan fingerprint density at radius 3 is 2.53 bits per heavy atom. The predicted octanol–water partition coefficient (Wildman–Crippen LogP) is 2.49. The highest BCUT2D eigenvalue weighted by molar-refractivity contribution is 5.89. The standard InChI is InChI=1S/C13H20N2O2/c1-5-15(10(3)4)12-8-7-11(9-14-12)13(16)17-6-2/h7-10H,5-6H2,1-4H3. The molecule has 1 aromatic heterocycles. The summed E-state index contributed by atoms with van der Waals surface area (Å²) in [5, 5.41) is 0. The van der Waals surface area contributed by atoms with Crippen LogP contribution in [0.15, 0.2) is 18.3 Å². The fourth-order valence-corrected chi connectivity index (χ4v) is 1.68. The molecule has 0 bridgehead atoms. The highest BCUT2D eigenvalue weighted by Gasteiger charge is 2.11. The fraction of sp³-hybridized carbons (Fsp3) is 0.538. The number of esters is 1. The first-order valence-electron chi connectivity index (χ1n) is 6.00. The largest absolute Gasteiger partial charge is 0.462 e. The molecule has 0 aliphatic heterocycles. The molecular weight excluding hydrogens is 216 g/mol. The number of ether oxygens (including phenoxy) is 1. The number of rotatable bonds is 5. The van der Waals surface area contributed by atoms with Gasteiger partial charge in [0.2, 0.25) is 0 Å². The number of carbonyl (C=O) groups excluding carboxylic acids is 1. The van der Waals surface area contributed by atoms with Crippen LogP contribution in [0.5, 0.6) is 0 Å². The summed E-state index contributed by atoms with van der Waals surface area (Å²) in [6.45, 7) is 9.38. The number of anilines is 1. The molecule has 0 unspecified atom stereocenters. The summed E-state index contributed by atoms with van der Waals surface area (Å²) >= 11 is 0. The molecule has 0 fully saturated rings. The molecule has 1 aromatic rings. The van der Waals surface area contributed by atoms with Crippen LogP contribution in [0, 0.1) is 0 Å². The van der Waals surface area contributed by atoms with Gasteiger partial charge in [0.15, 0.2) is 0 Å². The molecule has 0 spiro atoms. The normalized spacial score (nSPS) is 10.4. The molecule has 94 valence electrons. The van der Waals surface area contributed by atoms with Crippen LogP contribution >= 0.6 is 0 Å². The summed E-state index contributed by atoms with van der Waals surface area (Å²) in [5.74, 6) is 0.565. The maximum Gasteiger partial charge on any atom is 0.339 e. The lowest BCUT2D eigenvalue weighted by Crippen LogP contribution is -2.31. The van der Waals surface area contributed by atoms with Gasteiger partial charge in [0, 0.05) is 18.8 Å². The van der Waals surface area contributed by atoms with Crippen molar-refractivity contribution in [2.24, 2.45) is 0 Å². The van der Waals surface area contributed by atoms with Crippen molar-refractivity contribution in [2.75, 3.05) is 18.1 Å². The second-order valence-corrected chi connectivity index (χ2v) is 4.01. The summed E-state index contributed by atoms with van der Waals surface area (Å²) in [6.07, 6.45) is 1.57. The van der Waals surface area contributed by atoms with Crippen molar-refractivity contribution in [3.8, 4) is 0 Å². The number of carbonyl (C=O) groups is 1. The van der Waals surface area contributed by atoms with Gasteiger partial charge in [-0.2, -0.15) is 0 Å². The lowest BCUT2D eigenvalue weighted by molar-refractivity contribution is 0.0526. The first kappa shape index (κ1) is 13.5. The Hall–Kier alpha value is -1.58. The Balaban J connectivity index is 2.83. The van der Waals surface area contributed by atoms with E-state index in [4.69, 9.17) is 4.74 Å². The molecule has 0 N–H and O–H groups in total. The number of hydrogen-bond donors (Lipinski definition) is 0. The molecule has 0 atom stereocenters. The molecule has 0 amide bonds. The molecule has 4 heteroatoms. The summed E-state index contributed by atoms with van der Waals surface area (Å²) in [7, 11) is 0. The Morgan fingerprint density at radius 1 is 1.41 bits per heavy atom. The lowest BCUT2D eigenvalue weighted by Gasteiger charge is -2.26. The number of nitrogens with zero attached hydrogens (tertiary/aromatic N) is 2. The number of pyridine rings is 1. The average molecular weight is 236 g/mol. The summed E-state index contributed by atoms with van der Waals surface area (Å²) < 4.78 is 4.91. The first-order chi connectivity index (χ1) is 8.10. The zero-order valence-corrected chi connectivity index (χ0v) is 10.9. The minimum Gasteiger partial charge on any atom is -0.462 e. The van der Waals surface area contributed by atoms with Crippen LogP contribution in [0.3, 0.4) is 0 Å². The topological polar surface area (TPSA) is 42.4 Å². The van der Waals surface area contributed by atoms with E-state index in [1.54, 1.807) is 19.2 Å². The van der Waals surface area contributed by atoms with Crippen molar-refractivity contribution >= 4 is 11.8 Å². The molecule has 0 aliphatic carbocycles. The van der Waals surface area contributed by atoms with E-state index in [0.29, 0.717) is 18.2 Å². The van der Waals surface area contributed by atoms with Crippen molar-refractivity contribution in [3.63, 3.8) is 0 Å². The van der Waals surface area contributed by atoms with E-state index in [2.05, 4.69) is 30.7 Å². The van der Waals surface area contributed by atoms with Crippen molar-refractivity contribution in [2.45, 2.75) is 33.7 Å². The molecule has 0 saturated heterocycles. The number of aromatic nitrogens is 1. The third-order valence-electron chi connectivity index (χ3n) is 2.52. The number of hydrogen-bond acceptors (Lipinski definition) is 4. The Bertz CT molecular complexity index is 360. The van der Waals surface area contributed by atoms with E-state index in [1.165, 1.54) is 0 Å². The Kier molecular flexibility index (Phi) is 4.94. The van der Waals surface area contributed by atoms with E-state index < -0.39 is 0 Å². The van der Waals surface area contributed by atoms with Crippen molar-refractivity contribution in [3.05, 3.63) is 23.9 Å². The van der Waals surface area contributed by atoms with Gasteiger partial charge in [0.1, 0.15) is 5.82 Å². The zero-order valence-electron chi connectivity index (χ0n) is 10.9. The van der Waals surface area contributed by atoms with Gasteiger partial charge in [-0.05, 0) is 39.8 Å². The molecule has 0 saturated carbocycles. The first-order valence-corrected chi connectivity index (χ1v) is 6.00. The van der Waals surface area contributed by atoms with Gasteiger partial charge in [-0.1, -0.05) is 0 Å². The van der Waals surface area contributed by atoms with Crippen LogP contribution in [0.25, 0.3) is 0 Å². The van der Waals surface area contributed by atoms with Gasteiger partial charge >= 0.3 is 5.97 Å². The van der Waals surface area contributed by atoms with Gasteiger partial charge in [-0.15, -0.1) is 0 Å². The zero-order chi connectivity index (χ0) is 12.8. The predicted molar refractivity (Wildman–Crippen MR) is 68.3 cm³/mol. The van der Waals surface area contributed by atoms with Crippen molar-refractivity contribution in [1.82, 2.24) is 4.98 Å². The van der Waals surface area contributed by atoms with E-state index in [-0.39, 0.29) is 5.97 Å². The summed E-state index contributed by atoms with van der Waals surface area (Å²) in [5.41, 5.74) is 0.496. The van der Waals surface area contributed by atoms with Crippen LogP contribution < -0.4 is 4.90 Å². The highest BCUT2D eigenvalue weighted by Crippen LogP contribution is 2.14. The summed E-state index contributed by atoms with van der Waals surface area (Å²) in [6, 6.07) is 4.00. The van der Waals surface area contributed by atoms with Gasteiger partial charge < -0.3 is 9.64 Å². The molecule has 17 heavy (non-hydrogen) atoms. The van der Waals surface area contributed by atoms with Crippen LogP contribution in [-0.4, -0.2) is 30.1 Å². The molecule has 1 rings (SSSR count). The molecule has 0 aromatic carbocycles. The maximum atomic E-state index is 11.5. The second kappa shape index (κ2) is 6.23. The second-order valence-electron chi connectivity index (χ2n) is 4.01. The van der Waals surface area contributed by atoms with Crippen LogP contribution in [0.4, 0.5) is 5.82 Å². The maximum absolute atomic E-state index is 11.5. The highest BCUT2D eigenvalue weighted by atomic mass is 16.5. The minimum absolute atomic E-state index is 0.320. The van der Waals surface area contributed by atoms with Gasteiger partial charge in [-0.25, -0.2) is 9.78 Å². The lowest BCUT2D eigenvalue weighted by atomic mass is 10.2. The fourth-order valence-electron chi connectivity index (χ4n) is 1.68. The Morgan fingerprint density at radius 2 is 2.12 bits per heavy atom. The van der Waals surface area contributed by atoms with Gasteiger partial charge in [0.25, 0.3) is 0 Å². The van der Waals surface area contributed by atoms with E-state index in [1.807, 2.05) is 6.07 Å². The third-order valence-corrected chi connectivity index (χ3v) is 2.52. The molecule has 4 nitrogen and oxygen atoms in total. The van der Waals surface area contributed by atoms with Gasteiger partial charge in [0.05, 0.1) is 12.2 Å². The average Bonchev–Trinajstić information content (AvgIpc) is 2.30. The van der Waals surface area contributed by atoms with E-state index >= 15 is 0 Å². The van der Waals surface area contributed by atoms with Gasteiger partial charge in [-0.3, -0.25) is 0 Å². The van der Waals surface area contributed by atoms with Crippen LogP contribution in [-0.2, 0) is 4.74 Å². The van der Waals surface area contributed by atoms with Crippen molar-refractivity contribution < 1.29 is 9.53 Å². The monoisotopic (exact) mass is 236 g/mol. The van der Waals surface area contributed by atoms with E-state index in [0.717, 1.165) is 12.4 Å². The quantitative estimate of drug-likeness (QED) is 0.737. The Labute approximate surface area is 103 Å². The third kappa shape index (κ3) is 3.44. The summed E-state index contributed by atoms with van der Waals surface area (Å²) in [4.78, 5) is 17.9.